The summed E-state index contributed by atoms with van der Waals surface area (Å²) in [5.41, 5.74) is 2.25. The molecule has 0 atom stereocenters. The lowest BCUT2D eigenvalue weighted by Crippen LogP contribution is -2.10. The van der Waals surface area contributed by atoms with Gasteiger partial charge in [0.15, 0.2) is 0 Å². The minimum absolute atomic E-state index is 0.333. The summed E-state index contributed by atoms with van der Waals surface area (Å²) in [4.78, 5) is 0. The van der Waals surface area contributed by atoms with Crippen molar-refractivity contribution in [3.63, 3.8) is 0 Å². The van der Waals surface area contributed by atoms with Crippen LogP contribution in [0.25, 0.3) is 16.6 Å². The van der Waals surface area contributed by atoms with Gasteiger partial charge >= 0.3 is 0 Å². The van der Waals surface area contributed by atoms with Gasteiger partial charge in [0.2, 0.25) is 0 Å². The Kier molecular flexibility index (Phi) is 4.45. The van der Waals surface area contributed by atoms with Crippen molar-refractivity contribution in [1.29, 1.82) is 5.26 Å². The topological polar surface area (TPSA) is 38.0 Å². The number of nitriles is 1. The van der Waals surface area contributed by atoms with Gasteiger partial charge in [-0.25, -0.2) is 0 Å². The highest BCUT2D eigenvalue weighted by Crippen LogP contribution is 2.35. The van der Waals surface area contributed by atoms with Crippen LogP contribution in [0.1, 0.15) is 31.4 Å². The quantitative estimate of drug-likeness (QED) is 0.508. The molecule has 1 aromatic heterocycles. The normalized spacial score (nSPS) is 14.8. The number of fused-ring (bicyclic) bond motifs is 1. The van der Waals surface area contributed by atoms with E-state index < -0.39 is 0 Å². The molecule has 0 unspecified atom stereocenters. The van der Waals surface area contributed by atoms with Crippen LogP contribution in [-0.2, 0) is 0 Å². The summed E-state index contributed by atoms with van der Waals surface area (Å²) in [6.45, 7) is 0. The van der Waals surface area contributed by atoms with Crippen molar-refractivity contribution >= 4 is 38.4 Å². The lowest BCUT2D eigenvalue weighted by molar-refractivity contribution is 0.210. The van der Waals surface area contributed by atoms with E-state index in [1.165, 1.54) is 12.8 Å². The second-order valence-corrected chi connectivity index (χ2v) is 7.58. The van der Waals surface area contributed by atoms with Crippen LogP contribution in [0.15, 0.2) is 46.9 Å². The predicted molar refractivity (Wildman–Crippen MR) is 104 cm³/mol. The van der Waals surface area contributed by atoms with Crippen LogP contribution in [0, 0.1) is 11.3 Å². The van der Waals surface area contributed by atoms with Crippen molar-refractivity contribution in [3.8, 4) is 17.5 Å². The highest BCUT2D eigenvalue weighted by molar-refractivity contribution is 9.10. The molecule has 0 N–H and O–H groups in total. The van der Waals surface area contributed by atoms with Gasteiger partial charge in [-0.05, 0) is 68.1 Å². The van der Waals surface area contributed by atoms with Gasteiger partial charge in [0.25, 0.3) is 0 Å². The Morgan fingerprint density at radius 2 is 1.84 bits per heavy atom. The van der Waals surface area contributed by atoms with E-state index in [2.05, 4.69) is 22.0 Å². The van der Waals surface area contributed by atoms with Crippen LogP contribution in [-0.4, -0.2) is 10.7 Å². The summed E-state index contributed by atoms with van der Waals surface area (Å²) < 4.78 is 8.85. The lowest BCUT2D eigenvalue weighted by Gasteiger charge is -2.14. The van der Waals surface area contributed by atoms with E-state index in [1.807, 2.05) is 47.0 Å². The van der Waals surface area contributed by atoms with Gasteiger partial charge in [0, 0.05) is 15.5 Å². The van der Waals surface area contributed by atoms with Crippen molar-refractivity contribution in [1.82, 2.24) is 4.57 Å². The van der Waals surface area contributed by atoms with Crippen molar-refractivity contribution in [2.75, 3.05) is 0 Å². The average Bonchev–Trinajstić information content (AvgIpc) is 3.22. The van der Waals surface area contributed by atoms with Crippen LogP contribution in [0.3, 0.4) is 0 Å². The van der Waals surface area contributed by atoms with Crippen molar-refractivity contribution in [3.05, 3.63) is 57.7 Å². The fourth-order valence-corrected chi connectivity index (χ4v) is 4.10. The predicted octanol–water partition coefficient (Wildman–Crippen LogP) is 6.24. The third-order valence-corrected chi connectivity index (χ3v) is 5.55. The molecule has 1 aliphatic carbocycles. The highest BCUT2D eigenvalue weighted by Gasteiger charge is 2.18. The van der Waals surface area contributed by atoms with Gasteiger partial charge in [-0.1, -0.05) is 27.5 Å². The van der Waals surface area contributed by atoms with Crippen LogP contribution in [0.5, 0.6) is 5.75 Å². The molecule has 25 heavy (non-hydrogen) atoms. The maximum Gasteiger partial charge on any atom is 0.144 e. The zero-order valence-electron chi connectivity index (χ0n) is 13.5. The number of halogens is 2. The smallest absolute Gasteiger partial charge is 0.144 e. The summed E-state index contributed by atoms with van der Waals surface area (Å²) >= 11 is 9.90. The monoisotopic (exact) mass is 414 g/mol. The summed E-state index contributed by atoms with van der Waals surface area (Å²) in [6, 6.07) is 16.0. The number of nitrogens with zero attached hydrogens (tertiary/aromatic N) is 2. The van der Waals surface area contributed by atoms with E-state index >= 15 is 0 Å². The summed E-state index contributed by atoms with van der Waals surface area (Å²) in [5, 5.41) is 10.9. The molecular formula is C20H16BrClN2O. The Balaban J connectivity index is 1.75. The molecule has 1 saturated carbocycles. The first-order valence-corrected chi connectivity index (χ1v) is 9.51. The molecule has 3 nitrogen and oxygen atoms in total. The molecular weight excluding hydrogens is 400 g/mol. The van der Waals surface area contributed by atoms with Crippen LogP contribution < -0.4 is 4.74 Å². The Morgan fingerprint density at radius 3 is 2.52 bits per heavy atom. The molecule has 2 aromatic carbocycles. The van der Waals surface area contributed by atoms with E-state index in [-0.39, 0.29) is 0 Å². The molecule has 1 aliphatic rings. The number of benzene rings is 2. The zero-order valence-corrected chi connectivity index (χ0v) is 15.8. The Hall–Kier alpha value is -1.96. The molecule has 1 heterocycles. The third kappa shape index (κ3) is 3.03. The van der Waals surface area contributed by atoms with Crippen molar-refractivity contribution in [2.45, 2.75) is 31.8 Å². The van der Waals surface area contributed by atoms with Crippen molar-refractivity contribution < 1.29 is 4.74 Å². The molecule has 0 amide bonds. The number of hydrogen-bond acceptors (Lipinski definition) is 2. The molecule has 126 valence electrons. The fraction of sp³-hybridized carbons (Fsp3) is 0.250. The standard InChI is InChI=1S/C20H16BrClN2O/c21-13-5-10-18-17(11-13)20(22)19(12-23)24(18)14-6-8-16(9-7-14)25-15-3-1-2-4-15/h5-11,15H,1-4H2. The number of hydrogen-bond donors (Lipinski definition) is 0. The minimum Gasteiger partial charge on any atom is -0.490 e. The molecule has 0 aliphatic heterocycles. The van der Waals surface area contributed by atoms with E-state index in [4.69, 9.17) is 16.3 Å². The van der Waals surface area contributed by atoms with E-state index in [9.17, 15) is 5.26 Å². The summed E-state index contributed by atoms with van der Waals surface area (Å²) in [7, 11) is 0. The van der Waals surface area contributed by atoms with E-state index in [1.54, 1.807) is 0 Å². The second-order valence-electron chi connectivity index (χ2n) is 6.29. The van der Waals surface area contributed by atoms with E-state index in [0.29, 0.717) is 16.8 Å². The van der Waals surface area contributed by atoms with Gasteiger partial charge in [-0.2, -0.15) is 5.26 Å². The molecule has 0 radical (unpaired) electrons. The molecule has 3 aromatic rings. The SMILES string of the molecule is N#Cc1c(Cl)c2cc(Br)ccc2n1-c1ccc(OC2CCCC2)cc1. The second kappa shape index (κ2) is 6.74. The maximum absolute atomic E-state index is 9.58. The Labute approximate surface area is 159 Å². The Bertz CT molecular complexity index is 966. The van der Waals surface area contributed by atoms with Gasteiger partial charge < -0.3 is 4.74 Å². The largest absolute Gasteiger partial charge is 0.490 e. The zero-order chi connectivity index (χ0) is 17.4. The summed E-state index contributed by atoms with van der Waals surface area (Å²) in [6.07, 6.45) is 5.09. The molecule has 0 bridgehead atoms. The summed E-state index contributed by atoms with van der Waals surface area (Å²) in [5.74, 6) is 0.875. The van der Waals surface area contributed by atoms with Gasteiger partial charge in [-0.15, -0.1) is 0 Å². The first kappa shape index (κ1) is 16.5. The minimum atomic E-state index is 0.333. The number of aromatic nitrogens is 1. The van der Waals surface area contributed by atoms with Crippen LogP contribution >= 0.6 is 27.5 Å². The molecule has 0 spiro atoms. The van der Waals surface area contributed by atoms with Crippen LogP contribution in [0.4, 0.5) is 0 Å². The lowest BCUT2D eigenvalue weighted by atomic mass is 10.2. The van der Waals surface area contributed by atoms with Gasteiger partial charge in [-0.3, -0.25) is 4.57 Å². The third-order valence-electron chi connectivity index (χ3n) is 4.67. The van der Waals surface area contributed by atoms with Gasteiger partial charge in [0.05, 0.1) is 16.6 Å². The van der Waals surface area contributed by atoms with Crippen LogP contribution in [0.2, 0.25) is 5.02 Å². The van der Waals surface area contributed by atoms with Crippen molar-refractivity contribution in [2.24, 2.45) is 0 Å². The first-order valence-electron chi connectivity index (χ1n) is 8.34. The molecule has 0 saturated heterocycles. The Morgan fingerprint density at radius 1 is 1.12 bits per heavy atom. The molecule has 5 heteroatoms. The number of rotatable bonds is 3. The fourth-order valence-electron chi connectivity index (χ4n) is 3.46. The maximum atomic E-state index is 9.58. The first-order chi connectivity index (χ1) is 12.2. The van der Waals surface area contributed by atoms with Gasteiger partial charge in [0.1, 0.15) is 17.5 Å². The molecule has 4 rings (SSSR count). The highest BCUT2D eigenvalue weighted by atomic mass is 79.9. The number of ether oxygens (including phenoxy) is 1. The van der Waals surface area contributed by atoms with E-state index in [0.717, 1.165) is 39.7 Å². The average molecular weight is 416 g/mol. The molecule has 1 fully saturated rings.